The minimum Gasteiger partial charge on any atom is -0.493 e. The van der Waals surface area contributed by atoms with Gasteiger partial charge in [-0.3, -0.25) is 4.79 Å². The minimum absolute atomic E-state index is 0.0571. The third-order valence-electron chi connectivity index (χ3n) is 4.70. The Kier molecular flexibility index (Phi) is 3.55. The highest BCUT2D eigenvalue weighted by Gasteiger charge is 2.40. The van der Waals surface area contributed by atoms with Gasteiger partial charge in [-0.25, -0.2) is 0 Å². The molecule has 2 saturated carbocycles. The zero-order valence-electron chi connectivity index (χ0n) is 12.0. The van der Waals surface area contributed by atoms with Crippen LogP contribution in [0.1, 0.15) is 36.0 Å². The van der Waals surface area contributed by atoms with E-state index in [0.29, 0.717) is 29.0 Å². The van der Waals surface area contributed by atoms with Gasteiger partial charge in [0.2, 0.25) is 0 Å². The minimum atomic E-state index is -0.0571. The molecule has 2 aliphatic rings. The van der Waals surface area contributed by atoms with Crippen molar-refractivity contribution in [2.45, 2.75) is 31.7 Å². The third-order valence-corrected chi connectivity index (χ3v) is 4.70. The number of methoxy groups -OCH3 is 2. The maximum atomic E-state index is 12.5. The van der Waals surface area contributed by atoms with Gasteiger partial charge in [0, 0.05) is 6.04 Å². The van der Waals surface area contributed by atoms with E-state index < -0.39 is 0 Å². The highest BCUT2D eigenvalue weighted by atomic mass is 16.5. The van der Waals surface area contributed by atoms with Crippen molar-refractivity contribution in [2.24, 2.45) is 11.8 Å². The molecule has 1 amide bonds. The zero-order chi connectivity index (χ0) is 14.1. The second-order valence-corrected chi connectivity index (χ2v) is 5.80. The molecular weight excluding hydrogens is 254 g/mol. The molecule has 3 atom stereocenters. The molecule has 2 bridgehead atoms. The number of benzene rings is 1. The number of hydrogen-bond acceptors (Lipinski definition) is 3. The number of nitrogens with one attached hydrogen (secondary N) is 1. The topological polar surface area (TPSA) is 47.6 Å². The van der Waals surface area contributed by atoms with Gasteiger partial charge in [-0.1, -0.05) is 12.5 Å². The first-order valence-corrected chi connectivity index (χ1v) is 7.24. The summed E-state index contributed by atoms with van der Waals surface area (Å²) in [6.45, 7) is 0. The molecule has 0 spiro atoms. The average Bonchev–Trinajstić information content (AvgIpc) is 3.08. The summed E-state index contributed by atoms with van der Waals surface area (Å²) in [6, 6.07) is 5.73. The Morgan fingerprint density at radius 3 is 2.65 bits per heavy atom. The first-order chi connectivity index (χ1) is 9.72. The van der Waals surface area contributed by atoms with E-state index in [1.165, 1.54) is 19.3 Å². The molecule has 1 N–H and O–H groups in total. The fraction of sp³-hybridized carbons (Fsp3) is 0.562. The summed E-state index contributed by atoms with van der Waals surface area (Å²) in [5.41, 5.74) is 0.551. The number of rotatable bonds is 4. The quantitative estimate of drug-likeness (QED) is 0.919. The van der Waals surface area contributed by atoms with E-state index in [-0.39, 0.29) is 5.91 Å². The van der Waals surface area contributed by atoms with Crippen molar-refractivity contribution < 1.29 is 14.3 Å². The second-order valence-electron chi connectivity index (χ2n) is 5.80. The summed E-state index contributed by atoms with van der Waals surface area (Å²) in [4.78, 5) is 12.5. The van der Waals surface area contributed by atoms with Crippen LogP contribution in [0.2, 0.25) is 0 Å². The fourth-order valence-corrected chi connectivity index (χ4v) is 3.73. The lowest BCUT2D eigenvalue weighted by atomic mass is 9.95. The van der Waals surface area contributed by atoms with Crippen molar-refractivity contribution >= 4 is 5.91 Å². The molecule has 2 fully saturated rings. The molecule has 4 nitrogen and oxygen atoms in total. The number of carbonyl (C=O) groups excluding carboxylic acids is 1. The standard InChI is InChI=1S/C16H21NO3/c1-19-14-5-3-4-12(15(14)20-2)16(18)17-13-9-10-6-7-11(13)8-10/h3-5,10-11,13H,6-9H2,1-2H3,(H,17,18)/t10-,11+,13+/m0/s1. The van der Waals surface area contributed by atoms with E-state index in [0.717, 1.165) is 12.3 Å². The molecule has 1 aromatic rings. The predicted molar refractivity (Wildman–Crippen MR) is 76.2 cm³/mol. The zero-order valence-corrected chi connectivity index (χ0v) is 12.0. The van der Waals surface area contributed by atoms with Crippen molar-refractivity contribution in [2.75, 3.05) is 14.2 Å². The van der Waals surface area contributed by atoms with Crippen molar-refractivity contribution in [3.05, 3.63) is 23.8 Å². The van der Waals surface area contributed by atoms with E-state index >= 15 is 0 Å². The largest absolute Gasteiger partial charge is 0.493 e. The van der Waals surface area contributed by atoms with Crippen LogP contribution in [0, 0.1) is 11.8 Å². The maximum absolute atomic E-state index is 12.5. The number of hydrogen-bond donors (Lipinski definition) is 1. The molecule has 0 heterocycles. The van der Waals surface area contributed by atoms with E-state index in [2.05, 4.69) is 5.32 Å². The molecule has 3 rings (SSSR count). The van der Waals surface area contributed by atoms with Gasteiger partial charge >= 0.3 is 0 Å². The monoisotopic (exact) mass is 275 g/mol. The number of ether oxygens (including phenoxy) is 2. The summed E-state index contributed by atoms with van der Waals surface area (Å²) in [6.07, 6.45) is 4.99. The van der Waals surface area contributed by atoms with Gasteiger partial charge in [0.05, 0.1) is 19.8 Å². The molecular formula is C16H21NO3. The molecule has 0 aliphatic heterocycles. The van der Waals surface area contributed by atoms with Gasteiger partial charge in [-0.05, 0) is 43.2 Å². The highest BCUT2D eigenvalue weighted by Crippen LogP contribution is 2.44. The van der Waals surface area contributed by atoms with Crippen molar-refractivity contribution in [1.82, 2.24) is 5.32 Å². The van der Waals surface area contributed by atoms with Gasteiger partial charge in [-0.2, -0.15) is 0 Å². The molecule has 0 unspecified atom stereocenters. The summed E-state index contributed by atoms with van der Waals surface area (Å²) in [7, 11) is 3.14. The Balaban J connectivity index is 1.77. The van der Waals surface area contributed by atoms with Crippen LogP contribution in [0.25, 0.3) is 0 Å². The first-order valence-electron chi connectivity index (χ1n) is 7.24. The second kappa shape index (κ2) is 5.35. The SMILES string of the molecule is COc1cccc(C(=O)N[C@@H]2C[C@H]3CC[C@@H]2C3)c1OC. The van der Waals surface area contributed by atoms with Crippen molar-refractivity contribution in [3.8, 4) is 11.5 Å². The van der Waals surface area contributed by atoms with Gasteiger partial charge in [-0.15, -0.1) is 0 Å². The summed E-state index contributed by atoms with van der Waals surface area (Å²) in [5.74, 6) is 2.53. The maximum Gasteiger partial charge on any atom is 0.255 e. The van der Waals surface area contributed by atoms with Crippen LogP contribution >= 0.6 is 0 Å². The van der Waals surface area contributed by atoms with Gasteiger partial charge in [0.1, 0.15) is 0 Å². The Labute approximate surface area is 119 Å². The molecule has 20 heavy (non-hydrogen) atoms. The smallest absolute Gasteiger partial charge is 0.255 e. The van der Waals surface area contributed by atoms with Crippen LogP contribution in [-0.4, -0.2) is 26.2 Å². The first kappa shape index (κ1) is 13.3. The van der Waals surface area contributed by atoms with Crippen LogP contribution in [-0.2, 0) is 0 Å². The number of para-hydroxylation sites is 1. The average molecular weight is 275 g/mol. The molecule has 108 valence electrons. The van der Waals surface area contributed by atoms with Gasteiger partial charge < -0.3 is 14.8 Å². The van der Waals surface area contributed by atoms with Crippen LogP contribution in [0.5, 0.6) is 11.5 Å². The predicted octanol–water partition coefficient (Wildman–Crippen LogP) is 2.62. The van der Waals surface area contributed by atoms with Gasteiger partial charge in [0.15, 0.2) is 11.5 Å². The molecule has 0 saturated heterocycles. The van der Waals surface area contributed by atoms with E-state index in [4.69, 9.17) is 9.47 Å². The lowest BCUT2D eigenvalue weighted by Gasteiger charge is -2.23. The summed E-state index contributed by atoms with van der Waals surface area (Å²) in [5, 5.41) is 3.18. The summed E-state index contributed by atoms with van der Waals surface area (Å²) < 4.78 is 10.6. The Hall–Kier alpha value is -1.71. The van der Waals surface area contributed by atoms with Crippen LogP contribution in [0.4, 0.5) is 0 Å². The van der Waals surface area contributed by atoms with Crippen molar-refractivity contribution in [1.29, 1.82) is 0 Å². The Morgan fingerprint density at radius 2 is 2.05 bits per heavy atom. The van der Waals surface area contributed by atoms with E-state index in [1.807, 2.05) is 6.07 Å². The Bertz CT molecular complexity index is 514. The Morgan fingerprint density at radius 1 is 1.20 bits per heavy atom. The van der Waals surface area contributed by atoms with Crippen LogP contribution in [0.15, 0.2) is 18.2 Å². The van der Waals surface area contributed by atoms with Crippen molar-refractivity contribution in [3.63, 3.8) is 0 Å². The van der Waals surface area contributed by atoms with Crippen LogP contribution in [0.3, 0.4) is 0 Å². The lowest BCUT2D eigenvalue weighted by molar-refractivity contribution is 0.0919. The lowest BCUT2D eigenvalue weighted by Crippen LogP contribution is -2.38. The molecule has 1 aromatic carbocycles. The van der Waals surface area contributed by atoms with Crippen LogP contribution < -0.4 is 14.8 Å². The number of amides is 1. The van der Waals surface area contributed by atoms with E-state index in [1.54, 1.807) is 26.4 Å². The highest BCUT2D eigenvalue weighted by molar-refractivity contribution is 5.98. The van der Waals surface area contributed by atoms with Gasteiger partial charge in [0.25, 0.3) is 5.91 Å². The molecule has 4 heteroatoms. The third kappa shape index (κ3) is 2.23. The fourth-order valence-electron chi connectivity index (χ4n) is 3.73. The number of fused-ring (bicyclic) bond motifs is 2. The normalized spacial score (nSPS) is 27.4. The molecule has 0 radical (unpaired) electrons. The molecule has 0 aromatic heterocycles. The molecule has 2 aliphatic carbocycles. The van der Waals surface area contributed by atoms with E-state index in [9.17, 15) is 4.79 Å². The summed E-state index contributed by atoms with van der Waals surface area (Å²) >= 11 is 0. The number of carbonyl (C=O) groups is 1.